The van der Waals surface area contributed by atoms with Crippen molar-refractivity contribution in [2.45, 2.75) is 18.9 Å². The Hall–Kier alpha value is -0.0800. The smallest absolute Gasteiger partial charge is 0.00399 e. The predicted molar refractivity (Wildman–Crippen MR) is 36.8 cm³/mol. The van der Waals surface area contributed by atoms with Crippen molar-refractivity contribution in [1.82, 2.24) is 4.90 Å². The van der Waals surface area contributed by atoms with Gasteiger partial charge in [-0.15, -0.1) is 0 Å². The van der Waals surface area contributed by atoms with Crippen molar-refractivity contribution in [3.8, 4) is 0 Å². The minimum Gasteiger partial charge on any atom is -0.328 e. The molecule has 2 N–H and O–H groups in total. The first kappa shape index (κ1) is 7.92. The van der Waals surface area contributed by atoms with Crippen LogP contribution in [0, 0.1) is 0 Å². The molecule has 0 saturated heterocycles. The summed E-state index contributed by atoms with van der Waals surface area (Å²) in [6.45, 7) is 0. The molecule has 0 radical (unpaired) electrons. The highest BCUT2D eigenvalue weighted by Gasteiger charge is 2.13. The van der Waals surface area contributed by atoms with Gasteiger partial charge < -0.3 is 10.6 Å². The van der Waals surface area contributed by atoms with E-state index in [2.05, 4.69) is 0 Å². The highest BCUT2D eigenvalue weighted by Crippen LogP contribution is 2.13. The van der Waals surface area contributed by atoms with Crippen LogP contribution >= 0.6 is 0 Å². The van der Waals surface area contributed by atoms with Crippen LogP contribution in [0.1, 0.15) is 12.8 Å². The Labute approximate surface area is 51.7 Å². The van der Waals surface area contributed by atoms with E-state index < -0.39 is 0 Å². The van der Waals surface area contributed by atoms with Gasteiger partial charge in [0.25, 0.3) is 0 Å². The van der Waals surface area contributed by atoms with E-state index in [1.165, 1.54) is 12.8 Å². The van der Waals surface area contributed by atoms with Crippen molar-refractivity contribution in [1.29, 1.82) is 0 Å². The first-order valence-electron chi connectivity index (χ1n) is 2.99. The van der Waals surface area contributed by atoms with Crippen molar-refractivity contribution in [2.24, 2.45) is 5.73 Å². The van der Waals surface area contributed by atoms with E-state index in [4.69, 9.17) is 5.73 Å². The van der Waals surface area contributed by atoms with Gasteiger partial charge in [0.15, 0.2) is 0 Å². The number of hydrogen-bond acceptors (Lipinski definition) is 2. The average molecular weight is 116 g/mol. The lowest BCUT2D eigenvalue weighted by Gasteiger charge is -1.90. The summed E-state index contributed by atoms with van der Waals surface area (Å²) in [5.74, 6) is 0. The molecule has 0 aromatic carbocycles. The highest BCUT2D eigenvalue weighted by atomic mass is 15.0. The summed E-state index contributed by atoms with van der Waals surface area (Å²) in [7, 11) is 6.00. The third-order valence-corrected chi connectivity index (χ3v) is 0.622. The summed E-state index contributed by atoms with van der Waals surface area (Å²) in [6.07, 6.45) is 2.53. The van der Waals surface area contributed by atoms with Crippen molar-refractivity contribution < 1.29 is 0 Å². The first-order valence-corrected chi connectivity index (χ1v) is 2.99. The Morgan fingerprint density at radius 3 is 1.38 bits per heavy atom. The zero-order chi connectivity index (χ0) is 6.57. The summed E-state index contributed by atoms with van der Waals surface area (Å²) >= 11 is 0. The van der Waals surface area contributed by atoms with Gasteiger partial charge in [-0.2, -0.15) is 0 Å². The third-order valence-electron chi connectivity index (χ3n) is 0.622. The van der Waals surface area contributed by atoms with Crippen LogP contribution < -0.4 is 5.73 Å². The van der Waals surface area contributed by atoms with Crippen LogP contribution in [0.4, 0.5) is 0 Å². The molecular formula is C6H16N2. The van der Waals surface area contributed by atoms with Crippen LogP contribution in [-0.2, 0) is 0 Å². The minimum absolute atomic E-state index is 0.583. The van der Waals surface area contributed by atoms with Crippen molar-refractivity contribution >= 4 is 0 Å². The Balaban J connectivity index is 0.000000122. The van der Waals surface area contributed by atoms with E-state index in [1.54, 1.807) is 0 Å². The van der Waals surface area contributed by atoms with Gasteiger partial charge in [0.1, 0.15) is 0 Å². The lowest BCUT2D eigenvalue weighted by Crippen LogP contribution is -1.99. The quantitative estimate of drug-likeness (QED) is 0.493. The van der Waals surface area contributed by atoms with Crippen LogP contribution in [0.5, 0.6) is 0 Å². The van der Waals surface area contributed by atoms with Gasteiger partial charge in [-0.25, -0.2) is 0 Å². The molecule has 1 fully saturated rings. The van der Waals surface area contributed by atoms with Crippen LogP contribution in [0.3, 0.4) is 0 Å². The largest absolute Gasteiger partial charge is 0.328 e. The summed E-state index contributed by atoms with van der Waals surface area (Å²) in [5, 5.41) is 0. The van der Waals surface area contributed by atoms with Gasteiger partial charge in [0.2, 0.25) is 0 Å². The topological polar surface area (TPSA) is 29.3 Å². The number of rotatable bonds is 0. The molecule has 2 heteroatoms. The number of hydrogen-bond donors (Lipinski definition) is 1. The predicted octanol–water partition coefficient (Wildman–Crippen LogP) is 0.285. The first-order chi connectivity index (χ1) is 3.63. The molecule has 0 heterocycles. The van der Waals surface area contributed by atoms with E-state index in [0.717, 1.165) is 0 Å². The fraction of sp³-hybridized carbons (Fsp3) is 1.00. The fourth-order valence-corrected chi connectivity index (χ4v) is 0.0962. The third kappa shape index (κ3) is 16.8. The Morgan fingerprint density at radius 2 is 1.38 bits per heavy atom. The fourth-order valence-electron chi connectivity index (χ4n) is 0.0962. The average Bonchev–Trinajstić information content (AvgIpc) is 2.19. The van der Waals surface area contributed by atoms with Gasteiger partial charge in [-0.05, 0) is 34.0 Å². The van der Waals surface area contributed by atoms with Gasteiger partial charge in [-0.3, -0.25) is 0 Å². The Bertz CT molecular complexity index is 45.7. The SMILES string of the molecule is CN(C)C.NC1CC1. The Kier molecular flexibility index (Phi) is 3.83. The molecule has 2 nitrogen and oxygen atoms in total. The normalized spacial score (nSPS) is 17.6. The molecule has 0 aromatic rings. The van der Waals surface area contributed by atoms with E-state index in [0.29, 0.717) is 6.04 Å². The van der Waals surface area contributed by atoms with Gasteiger partial charge in [0, 0.05) is 6.04 Å². The molecule has 0 aliphatic heterocycles. The van der Waals surface area contributed by atoms with Gasteiger partial charge in [-0.1, -0.05) is 0 Å². The maximum Gasteiger partial charge on any atom is 0.00399 e. The number of nitrogens with two attached hydrogens (primary N) is 1. The van der Waals surface area contributed by atoms with Crippen molar-refractivity contribution in [3.63, 3.8) is 0 Å². The van der Waals surface area contributed by atoms with Crippen molar-refractivity contribution in [3.05, 3.63) is 0 Å². The van der Waals surface area contributed by atoms with Crippen LogP contribution in [-0.4, -0.2) is 32.1 Å². The molecule has 1 aliphatic rings. The monoisotopic (exact) mass is 116 g/mol. The molecule has 0 amide bonds. The summed E-state index contributed by atoms with van der Waals surface area (Å²) in [4.78, 5) is 2.00. The second-order valence-corrected chi connectivity index (χ2v) is 2.68. The maximum absolute atomic E-state index is 5.22. The standard InChI is InChI=1S/C3H7N.C3H9N/c4-3-1-2-3;1-4(2)3/h3H,1-2,4H2;1-3H3. The molecule has 1 saturated carbocycles. The maximum atomic E-state index is 5.22. The molecule has 0 spiro atoms. The lowest BCUT2D eigenvalue weighted by molar-refractivity contribution is 0.505. The number of nitrogens with zero attached hydrogens (tertiary/aromatic N) is 1. The van der Waals surface area contributed by atoms with E-state index >= 15 is 0 Å². The molecule has 8 heavy (non-hydrogen) atoms. The molecule has 50 valence electrons. The summed E-state index contributed by atoms with van der Waals surface area (Å²) < 4.78 is 0. The van der Waals surface area contributed by atoms with E-state index in [-0.39, 0.29) is 0 Å². The second kappa shape index (κ2) is 3.87. The second-order valence-electron chi connectivity index (χ2n) is 2.68. The summed E-state index contributed by atoms with van der Waals surface area (Å²) in [5.41, 5.74) is 5.22. The van der Waals surface area contributed by atoms with E-state index in [9.17, 15) is 0 Å². The molecule has 0 unspecified atom stereocenters. The van der Waals surface area contributed by atoms with Crippen LogP contribution in [0.15, 0.2) is 0 Å². The molecule has 0 aromatic heterocycles. The van der Waals surface area contributed by atoms with Crippen molar-refractivity contribution in [2.75, 3.05) is 21.1 Å². The molecular weight excluding hydrogens is 100 g/mol. The molecule has 0 bridgehead atoms. The van der Waals surface area contributed by atoms with Gasteiger partial charge >= 0.3 is 0 Å². The minimum atomic E-state index is 0.583. The van der Waals surface area contributed by atoms with Crippen LogP contribution in [0.2, 0.25) is 0 Å². The zero-order valence-corrected chi connectivity index (χ0v) is 6.02. The van der Waals surface area contributed by atoms with E-state index in [1.807, 2.05) is 26.0 Å². The van der Waals surface area contributed by atoms with Crippen LogP contribution in [0.25, 0.3) is 0 Å². The summed E-state index contributed by atoms with van der Waals surface area (Å²) in [6, 6.07) is 0.583. The molecule has 1 rings (SSSR count). The molecule has 1 aliphatic carbocycles. The zero-order valence-electron chi connectivity index (χ0n) is 6.02. The highest BCUT2D eigenvalue weighted by molar-refractivity contribution is 4.75. The lowest BCUT2D eigenvalue weighted by atomic mass is 10.8. The Morgan fingerprint density at radius 1 is 1.25 bits per heavy atom. The molecule has 0 atom stereocenters. The van der Waals surface area contributed by atoms with Gasteiger partial charge in [0.05, 0.1) is 0 Å².